The zero-order chi connectivity index (χ0) is 13.1. The molecule has 4 nitrogen and oxygen atoms in total. The summed E-state index contributed by atoms with van der Waals surface area (Å²) in [6.45, 7) is 4.14. The third kappa shape index (κ3) is 2.53. The average molecular weight is 242 g/mol. The van der Waals surface area contributed by atoms with Crippen LogP contribution in [0.5, 0.6) is 0 Å². The Morgan fingerprint density at radius 1 is 1.17 bits per heavy atom. The Labute approximate surface area is 105 Å². The molecular weight excluding hydrogens is 228 g/mol. The molecule has 1 heterocycles. The van der Waals surface area contributed by atoms with Crippen molar-refractivity contribution in [2.24, 2.45) is 0 Å². The molecule has 0 radical (unpaired) electrons. The van der Waals surface area contributed by atoms with Crippen molar-refractivity contribution in [3.63, 3.8) is 0 Å². The number of hydrogen-bond donors (Lipinski definition) is 1. The maximum atomic E-state index is 10.8. The van der Waals surface area contributed by atoms with Crippen molar-refractivity contribution in [2.45, 2.75) is 19.8 Å². The second kappa shape index (κ2) is 4.96. The number of rotatable bonds is 3. The Hall–Kier alpha value is -2.23. The van der Waals surface area contributed by atoms with Gasteiger partial charge in [-0.25, -0.2) is 14.8 Å². The molecule has 0 bridgehead atoms. The molecule has 4 heteroatoms. The lowest BCUT2D eigenvalue weighted by Gasteiger charge is -2.06. The first-order chi connectivity index (χ1) is 8.58. The minimum Gasteiger partial charge on any atom is -0.478 e. The van der Waals surface area contributed by atoms with Gasteiger partial charge in [0.25, 0.3) is 0 Å². The second-order valence-corrected chi connectivity index (χ2v) is 4.37. The zero-order valence-corrected chi connectivity index (χ0v) is 10.3. The number of benzene rings is 1. The molecule has 18 heavy (non-hydrogen) atoms. The van der Waals surface area contributed by atoms with Crippen LogP contribution in [0.25, 0.3) is 11.3 Å². The number of nitrogens with zero attached hydrogens (tertiary/aromatic N) is 2. The van der Waals surface area contributed by atoms with Crippen molar-refractivity contribution in [1.82, 2.24) is 9.97 Å². The highest BCUT2D eigenvalue weighted by Crippen LogP contribution is 2.20. The maximum Gasteiger partial charge on any atom is 0.335 e. The largest absolute Gasteiger partial charge is 0.478 e. The first-order valence-corrected chi connectivity index (χ1v) is 5.73. The van der Waals surface area contributed by atoms with Gasteiger partial charge < -0.3 is 5.11 Å². The Bertz CT molecular complexity index is 562. The molecule has 0 atom stereocenters. The molecule has 1 aromatic heterocycles. The van der Waals surface area contributed by atoms with Crippen molar-refractivity contribution in [3.8, 4) is 11.3 Å². The Morgan fingerprint density at radius 3 is 2.39 bits per heavy atom. The van der Waals surface area contributed by atoms with Crippen LogP contribution in [-0.2, 0) is 0 Å². The van der Waals surface area contributed by atoms with E-state index in [1.807, 2.05) is 6.07 Å². The fourth-order valence-electron chi connectivity index (χ4n) is 1.63. The van der Waals surface area contributed by atoms with E-state index in [0.717, 1.165) is 17.0 Å². The highest BCUT2D eigenvalue weighted by molar-refractivity contribution is 5.88. The summed E-state index contributed by atoms with van der Waals surface area (Å²) in [5.74, 6) is -0.586. The fraction of sp³-hybridized carbons (Fsp3) is 0.214. The van der Waals surface area contributed by atoms with E-state index in [9.17, 15) is 4.79 Å². The van der Waals surface area contributed by atoms with Crippen LogP contribution >= 0.6 is 0 Å². The molecule has 0 amide bonds. The SMILES string of the molecule is CC(C)c1cc(-c2ccc(C(=O)O)cc2)ncn1. The van der Waals surface area contributed by atoms with Crippen LogP contribution in [0, 0.1) is 0 Å². The third-order valence-corrected chi connectivity index (χ3v) is 2.71. The van der Waals surface area contributed by atoms with Crippen LogP contribution < -0.4 is 0 Å². The normalized spacial score (nSPS) is 10.6. The highest BCUT2D eigenvalue weighted by atomic mass is 16.4. The Morgan fingerprint density at radius 2 is 1.83 bits per heavy atom. The van der Waals surface area contributed by atoms with Crippen LogP contribution in [0.15, 0.2) is 36.7 Å². The molecule has 0 aliphatic rings. The van der Waals surface area contributed by atoms with E-state index in [4.69, 9.17) is 5.11 Å². The van der Waals surface area contributed by atoms with Gasteiger partial charge in [0, 0.05) is 11.3 Å². The van der Waals surface area contributed by atoms with Crippen LogP contribution in [0.4, 0.5) is 0 Å². The van der Waals surface area contributed by atoms with Gasteiger partial charge in [-0.05, 0) is 24.1 Å². The van der Waals surface area contributed by atoms with E-state index in [0.29, 0.717) is 5.92 Å². The smallest absolute Gasteiger partial charge is 0.335 e. The minimum absolute atomic E-state index is 0.275. The summed E-state index contributed by atoms with van der Waals surface area (Å²) < 4.78 is 0. The molecule has 2 rings (SSSR count). The first-order valence-electron chi connectivity index (χ1n) is 5.73. The van der Waals surface area contributed by atoms with Gasteiger partial charge in [0.1, 0.15) is 6.33 Å². The van der Waals surface area contributed by atoms with Crippen molar-refractivity contribution in [1.29, 1.82) is 0 Å². The van der Waals surface area contributed by atoms with E-state index in [2.05, 4.69) is 23.8 Å². The molecule has 92 valence electrons. The van der Waals surface area contributed by atoms with Crippen LogP contribution in [0.3, 0.4) is 0 Å². The summed E-state index contributed by atoms with van der Waals surface area (Å²) in [6.07, 6.45) is 1.54. The van der Waals surface area contributed by atoms with Gasteiger partial charge in [0.15, 0.2) is 0 Å². The number of carboxylic acid groups (broad SMARTS) is 1. The zero-order valence-electron chi connectivity index (χ0n) is 10.3. The molecule has 2 aromatic rings. The van der Waals surface area contributed by atoms with E-state index in [1.54, 1.807) is 24.3 Å². The lowest BCUT2D eigenvalue weighted by atomic mass is 10.1. The van der Waals surface area contributed by atoms with Crippen molar-refractivity contribution in [2.75, 3.05) is 0 Å². The van der Waals surface area contributed by atoms with E-state index in [1.165, 1.54) is 6.33 Å². The van der Waals surface area contributed by atoms with Crippen molar-refractivity contribution < 1.29 is 9.90 Å². The molecule has 0 aliphatic carbocycles. The van der Waals surface area contributed by atoms with Crippen molar-refractivity contribution >= 4 is 5.97 Å². The average Bonchev–Trinajstić information content (AvgIpc) is 2.39. The summed E-state index contributed by atoms with van der Waals surface area (Å²) in [5.41, 5.74) is 2.95. The summed E-state index contributed by atoms with van der Waals surface area (Å²) >= 11 is 0. The van der Waals surface area contributed by atoms with Crippen LogP contribution in [-0.4, -0.2) is 21.0 Å². The summed E-state index contributed by atoms with van der Waals surface area (Å²) in [6, 6.07) is 8.61. The number of aromatic carboxylic acids is 1. The van der Waals surface area contributed by atoms with E-state index in [-0.39, 0.29) is 5.56 Å². The Kier molecular flexibility index (Phi) is 3.37. The highest BCUT2D eigenvalue weighted by Gasteiger charge is 2.06. The second-order valence-electron chi connectivity index (χ2n) is 4.37. The topological polar surface area (TPSA) is 63.1 Å². The van der Waals surface area contributed by atoms with Gasteiger partial charge in [-0.2, -0.15) is 0 Å². The molecule has 0 saturated carbocycles. The number of carbonyl (C=O) groups is 1. The summed E-state index contributed by atoms with van der Waals surface area (Å²) in [7, 11) is 0. The maximum absolute atomic E-state index is 10.8. The summed E-state index contributed by atoms with van der Waals surface area (Å²) in [5, 5.41) is 8.84. The predicted octanol–water partition coefficient (Wildman–Crippen LogP) is 2.97. The van der Waals surface area contributed by atoms with Gasteiger partial charge in [0.2, 0.25) is 0 Å². The lowest BCUT2D eigenvalue weighted by Crippen LogP contribution is -1.97. The molecule has 0 spiro atoms. The first kappa shape index (κ1) is 12.2. The quantitative estimate of drug-likeness (QED) is 0.898. The molecule has 0 saturated heterocycles. The molecule has 1 aromatic carbocycles. The van der Waals surface area contributed by atoms with Gasteiger partial charge in [-0.3, -0.25) is 0 Å². The predicted molar refractivity (Wildman–Crippen MR) is 68.5 cm³/mol. The fourth-order valence-corrected chi connectivity index (χ4v) is 1.63. The van der Waals surface area contributed by atoms with Gasteiger partial charge >= 0.3 is 5.97 Å². The molecule has 0 unspecified atom stereocenters. The standard InChI is InChI=1S/C14H14N2O2/c1-9(2)12-7-13(16-8-15-12)10-3-5-11(6-4-10)14(17)18/h3-9H,1-2H3,(H,17,18). The summed E-state index contributed by atoms with van der Waals surface area (Å²) in [4.78, 5) is 19.2. The van der Waals surface area contributed by atoms with Crippen LogP contribution in [0.2, 0.25) is 0 Å². The molecule has 0 fully saturated rings. The number of hydrogen-bond acceptors (Lipinski definition) is 3. The number of aromatic nitrogens is 2. The molecule has 1 N–H and O–H groups in total. The Balaban J connectivity index is 2.36. The van der Waals surface area contributed by atoms with Crippen LogP contribution in [0.1, 0.15) is 35.8 Å². The monoisotopic (exact) mass is 242 g/mol. The van der Waals surface area contributed by atoms with Crippen molar-refractivity contribution in [3.05, 3.63) is 47.9 Å². The van der Waals surface area contributed by atoms with Gasteiger partial charge in [-0.1, -0.05) is 26.0 Å². The third-order valence-electron chi connectivity index (χ3n) is 2.71. The number of carboxylic acids is 1. The molecular formula is C14H14N2O2. The van der Waals surface area contributed by atoms with Gasteiger partial charge in [-0.15, -0.1) is 0 Å². The molecule has 0 aliphatic heterocycles. The lowest BCUT2D eigenvalue weighted by molar-refractivity contribution is 0.0697. The van der Waals surface area contributed by atoms with E-state index >= 15 is 0 Å². The minimum atomic E-state index is -0.924. The van der Waals surface area contributed by atoms with Gasteiger partial charge in [0.05, 0.1) is 11.3 Å². The van der Waals surface area contributed by atoms with E-state index < -0.39 is 5.97 Å².